The van der Waals surface area contributed by atoms with Gasteiger partial charge in [-0.25, -0.2) is 19.2 Å². The zero-order valence-corrected chi connectivity index (χ0v) is 55.6. The minimum Gasteiger partial charge on any atom is -0.490 e. The van der Waals surface area contributed by atoms with Crippen molar-refractivity contribution in [3.05, 3.63) is 88.8 Å². The van der Waals surface area contributed by atoms with E-state index in [1.807, 2.05) is 27.0 Å². The van der Waals surface area contributed by atoms with Crippen LogP contribution < -0.4 is 49.2 Å². The average molecular weight is 1340 g/mol. The summed E-state index contributed by atoms with van der Waals surface area (Å²) >= 11 is 0. The van der Waals surface area contributed by atoms with Crippen LogP contribution in [0.5, 0.6) is 23.0 Å². The Hall–Kier alpha value is -8.75. The molecule has 4 aliphatic heterocycles. The molecule has 7 amide bonds. The van der Waals surface area contributed by atoms with Gasteiger partial charge in [-0.15, -0.1) is 11.8 Å². The summed E-state index contributed by atoms with van der Waals surface area (Å²) < 4.78 is 74.6. The number of nitrogens with one attached hydrogen (secondary N) is 5. The van der Waals surface area contributed by atoms with Gasteiger partial charge in [0.1, 0.15) is 24.8 Å². The predicted octanol–water partition coefficient (Wildman–Crippen LogP) is 6.77. The van der Waals surface area contributed by atoms with Crippen molar-refractivity contribution >= 4 is 75.2 Å². The molecule has 95 heavy (non-hydrogen) atoms. The number of carbonyl (C=O) groups excluding carboxylic acids is 7. The highest BCUT2D eigenvalue weighted by molar-refractivity contribution is 7.88. The van der Waals surface area contributed by atoms with Crippen molar-refractivity contribution in [2.75, 3.05) is 76.2 Å². The highest BCUT2D eigenvalue weighted by Gasteiger charge is 2.51. The number of rotatable bonds is 32. The first-order valence-corrected chi connectivity index (χ1v) is 33.6. The summed E-state index contributed by atoms with van der Waals surface area (Å²) in [6, 6.07) is 10.8. The lowest BCUT2D eigenvalue weighted by Gasteiger charge is -2.31. The Morgan fingerprint density at radius 2 is 1.38 bits per heavy atom. The molecular weight excluding hydrogens is 1250 g/mol. The van der Waals surface area contributed by atoms with Crippen LogP contribution in [0.4, 0.5) is 26.7 Å². The Bertz CT molecular complexity index is 3620. The maximum absolute atomic E-state index is 14.3. The maximum Gasteiger partial charge on any atom is 0.421 e. The Kier molecular flexibility index (Phi) is 23.5. The molecule has 0 radical (unpaired) electrons. The molecule has 28 heteroatoms. The largest absolute Gasteiger partial charge is 0.490 e. The van der Waals surface area contributed by atoms with E-state index in [1.165, 1.54) is 30.9 Å². The summed E-state index contributed by atoms with van der Waals surface area (Å²) in [5.74, 6) is 5.65. The summed E-state index contributed by atoms with van der Waals surface area (Å²) in [6.07, 6.45) is 6.19. The lowest BCUT2D eigenvalue weighted by Crippen LogP contribution is -2.59. The normalized spacial score (nSPS) is 20.2. The molecule has 1 saturated carbocycles. The standard InChI is InChI=1S/C67H85N9O18S/c1-9-89-54-30-48-51(68-34-45-28-41(5)35-74(45)61(48)79)32-56(54)91-23-14-11-15-24-92-57-33-52-49(31-55(57)90-10-2)62(80)75-36-42(6)29-53(75)63(81)76(52)66(84)94-37-43-18-20-44(21-19-43)70-64(82)67(7,8)72-60(78)59(40(3)4)71-58(77)39-88-27-26-87-25-22-69-95(85,86)73-65(83)93-38-50-46-16-12-13-17-47(46)50/h18-21,30-36,40,45-47,50,53,59,63,69,81H,9-11,14-17,22-29,37-39H2,1-8H3,(H,70,82)(H,71,77)(H,72,78)(H,73,83)/t45-,46-,47+,50?,53-,59?,63?/m0/s1. The summed E-state index contributed by atoms with van der Waals surface area (Å²) in [5.41, 5.74) is 2.39. The molecule has 0 spiro atoms. The van der Waals surface area contributed by atoms with Gasteiger partial charge in [-0.1, -0.05) is 37.1 Å². The number of ether oxygens (including phenoxy) is 8. The molecule has 0 bridgehead atoms. The average Bonchev–Trinajstić information content (AvgIpc) is 1.64. The van der Waals surface area contributed by atoms with E-state index in [0.29, 0.717) is 78.3 Å². The van der Waals surface area contributed by atoms with Gasteiger partial charge in [0.15, 0.2) is 29.2 Å². The molecule has 1 fully saturated rings. The predicted molar refractivity (Wildman–Crippen MR) is 348 cm³/mol. The van der Waals surface area contributed by atoms with Crippen LogP contribution in [0.1, 0.15) is 127 Å². The van der Waals surface area contributed by atoms with E-state index in [9.17, 15) is 47.1 Å². The van der Waals surface area contributed by atoms with Crippen molar-refractivity contribution in [2.24, 2.45) is 28.7 Å². The number of aliphatic hydroxyl groups is 1. The van der Waals surface area contributed by atoms with Crippen molar-refractivity contribution in [3.8, 4) is 34.8 Å². The summed E-state index contributed by atoms with van der Waals surface area (Å²) in [4.78, 5) is 103. The highest BCUT2D eigenvalue weighted by atomic mass is 32.2. The van der Waals surface area contributed by atoms with E-state index in [4.69, 9.17) is 37.9 Å². The molecular formula is C67H85N9O18S. The zero-order chi connectivity index (χ0) is 68.1. The van der Waals surface area contributed by atoms with Crippen LogP contribution >= 0.6 is 0 Å². The number of fused-ring (bicyclic) bond motifs is 5. The highest BCUT2D eigenvalue weighted by Crippen LogP contribution is 2.52. The molecule has 4 heterocycles. The monoisotopic (exact) mass is 1340 g/mol. The third kappa shape index (κ3) is 18.0. The number of benzene rings is 3. The van der Waals surface area contributed by atoms with Crippen LogP contribution in [0.2, 0.25) is 0 Å². The fraction of sp³-hybridized carbons (Fsp3) is 0.522. The number of unbranched alkanes of at least 4 members (excludes halogenated alkanes) is 2. The van der Waals surface area contributed by atoms with E-state index >= 15 is 0 Å². The Morgan fingerprint density at radius 3 is 2.05 bits per heavy atom. The summed E-state index contributed by atoms with van der Waals surface area (Å²) in [5, 5.41) is 20.2. The lowest BCUT2D eigenvalue weighted by molar-refractivity contribution is -0.135. The quantitative estimate of drug-likeness (QED) is 0.0277. The van der Waals surface area contributed by atoms with Gasteiger partial charge in [0, 0.05) is 61.7 Å². The van der Waals surface area contributed by atoms with Crippen LogP contribution in [0, 0.1) is 35.5 Å². The third-order valence-corrected chi connectivity index (χ3v) is 17.8. The summed E-state index contributed by atoms with van der Waals surface area (Å²) in [7, 11) is -4.19. The first-order valence-electron chi connectivity index (χ1n) is 32.1. The number of aliphatic imine (C=N–C) groups is 1. The molecule has 9 rings (SSSR count). The number of aliphatic hydroxyl groups excluding tert-OH is 1. The zero-order valence-electron chi connectivity index (χ0n) is 54.8. The molecule has 2 aliphatic carbocycles. The number of nitrogens with zero attached hydrogens (tertiary/aromatic N) is 4. The minimum atomic E-state index is -4.19. The first kappa shape index (κ1) is 70.6. The molecule has 0 aromatic heterocycles. The van der Waals surface area contributed by atoms with Gasteiger partial charge in [0.2, 0.25) is 17.7 Å². The fourth-order valence-corrected chi connectivity index (χ4v) is 12.5. The fourth-order valence-electron chi connectivity index (χ4n) is 11.8. The molecule has 7 atom stereocenters. The van der Waals surface area contributed by atoms with Crippen molar-refractivity contribution < 1.29 is 85.0 Å². The minimum absolute atomic E-state index is 0.000658. The van der Waals surface area contributed by atoms with Gasteiger partial charge in [-0.3, -0.25) is 29.0 Å². The van der Waals surface area contributed by atoms with E-state index in [-0.39, 0.29) is 99.8 Å². The number of hydrogen-bond acceptors (Lipinski definition) is 19. The van der Waals surface area contributed by atoms with Crippen molar-refractivity contribution in [1.82, 2.24) is 29.9 Å². The van der Waals surface area contributed by atoms with Crippen molar-refractivity contribution in [1.29, 1.82) is 0 Å². The molecule has 3 aromatic rings. The van der Waals surface area contributed by atoms with Crippen LogP contribution in [-0.4, -0.2) is 167 Å². The third-order valence-electron chi connectivity index (χ3n) is 16.8. The van der Waals surface area contributed by atoms with E-state index in [0.717, 1.165) is 35.3 Å². The molecule has 6 N–H and O–H groups in total. The van der Waals surface area contributed by atoms with Crippen molar-refractivity contribution in [3.63, 3.8) is 0 Å². The molecule has 6 aliphatic rings. The van der Waals surface area contributed by atoms with Crippen LogP contribution in [-0.2, 0) is 50.1 Å². The molecule has 512 valence electrons. The molecule has 3 unspecified atom stereocenters. The topological polar surface area (TPSA) is 330 Å². The van der Waals surface area contributed by atoms with Crippen molar-refractivity contribution in [2.45, 2.75) is 137 Å². The second kappa shape index (κ2) is 31.7. The number of hydrogen-bond donors (Lipinski definition) is 6. The second-order valence-electron chi connectivity index (χ2n) is 24.9. The van der Waals surface area contributed by atoms with Gasteiger partial charge in [-0.05, 0) is 121 Å². The SMILES string of the molecule is CCOc1cc2c(cc1OCCCCCOc1cc3c(cc1OCC)C(=O)N1C=C(C)C[C@H]1C(O)N3C(=O)OCc1ccc(NC(=O)C(C)(C)NC(=O)C(NC(=O)COCCOCCNS(=O)(=O)NC(=O)OCC3[C@H]4CC#CC[C@@H]34)C(C)C)cc1)N=C[C@@H]1CC(C)=CN1C2=O. The second-order valence-corrected chi connectivity index (χ2v) is 26.4. The van der Waals surface area contributed by atoms with Gasteiger partial charge < -0.3 is 68.8 Å². The van der Waals surface area contributed by atoms with Gasteiger partial charge in [-0.2, -0.15) is 13.1 Å². The first-order chi connectivity index (χ1) is 45.4. The number of amides is 7. The Labute approximate surface area is 553 Å². The van der Waals surface area contributed by atoms with Gasteiger partial charge in [0.05, 0.1) is 87.4 Å². The lowest BCUT2D eigenvalue weighted by atomic mass is 9.99. The van der Waals surface area contributed by atoms with Crippen LogP contribution in [0.3, 0.4) is 0 Å². The summed E-state index contributed by atoms with van der Waals surface area (Å²) in [6.45, 7) is 14.2. The smallest absolute Gasteiger partial charge is 0.421 e. The van der Waals surface area contributed by atoms with E-state index in [1.54, 1.807) is 79.2 Å². The Morgan fingerprint density at radius 1 is 0.758 bits per heavy atom. The Balaban J connectivity index is 0.720. The molecule has 0 saturated heterocycles. The van der Waals surface area contributed by atoms with Gasteiger partial charge >= 0.3 is 22.4 Å². The van der Waals surface area contributed by atoms with Gasteiger partial charge in [0.25, 0.3) is 11.8 Å². The maximum atomic E-state index is 14.3. The van der Waals surface area contributed by atoms with E-state index < -0.39 is 82.4 Å². The number of carbonyl (C=O) groups is 7. The van der Waals surface area contributed by atoms with Crippen LogP contribution in [0.15, 0.2) is 77.1 Å². The van der Waals surface area contributed by atoms with E-state index in [2.05, 4.69) is 37.5 Å². The molecule has 3 aromatic carbocycles. The number of anilines is 2. The molecule has 27 nitrogen and oxygen atoms in total. The van der Waals surface area contributed by atoms with Crippen LogP contribution in [0.25, 0.3) is 0 Å².